The Morgan fingerprint density at radius 1 is 0.882 bits per heavy atom. The average Bonchev–Trinajstić information content (AvgIpc) is 2.78. The summed E-state index contributed by atoms with van der Waals surface area (Å²) in [5.41, 5.74) is -0.530. The molecular formula is C30H48O4. The van der Waals surface area contributed by atoms with Crippen molar-refractivity contribution in [3.63, 3.8) is 0 Å². The topological polar surface area (TPSA) is 66.8 Å². The maximum atomic E-state index is 13.4. The maximum absolute atomic E-state index is 13.4. The van der Waals surface area contributed by atoms with E-state index < -0.39 is 0 Å². The molecule has 5 saturated carbocycles. The SMILES string of the molecule is C[C@H]1[C@@H]2[C@H]3CC[C@@H]4[C@@]5(C)CC[C@H](O)C(C)(C)[C@@H]5CC[C@@]4(C)[C@]3(CO)CC[C@@]23CC[C@]1(C)OC3=O. The number of hydrogen-bond acceptors (Lipinski definition) is 4. The number of carbonyl (C=O) groups is 1. The van der Waals surface area contributed by atoms with Crippen molar-refractivity contribution in [1.29, 1.82) is 0 Å². The predicted octanol–water partition coefficient (Wildman–Crippen LogP) is 5.74. The molecule has 2 aliphatic heterocycles. The van der Waals surface area contributed by atoms with Crippen molar-refractivity contribution in [3.05, 3.63) is 0 Å². The van der Waals surface area contributed by atoms with Crippen LogP contribution in [0.4, 0.5) is 0 Å². The smallest absolute Gasteiger partial charge is 0.312 e. The molecule has 7 aliphatic rings. The van der Waals surface area contributed by atoms with Crippen molar-refractivity contribution < 1.29 is 19.7 Å². The highest BCUT2D eigenvalue weighted by atomic mass is 16.6. The van der Waals surface area contributed by atoms with Crippen molar-refractivity contribution in [2.24, 2.45) is 56.7 Å². The van der Waals surface area contributed by atoms with Gasteiger partial charge in [-0.1, -0.05) is 34.6 Å². The fourth-order valence-electron chi connectivity index (χ4n) is 12.2. The fraction of sp³-hybridized carbons (Fsp3) is 0.967. The average molecular weight is 473 g/mol. The summed E-state index contributed by atoms with van der Waals surface area (Å²) in [6.45, 7) is 14.4. The molecule has 0 radical (unpaired) electrons. The summed E-state index contributed by atoms with van der Waals surface area (Å²) in [5.74, 6) is 2.26. The molecule has 0 aromatic rings. The summed E-state index contributed by atoms with van der Waals surface area (Å²) in [7, 11) is 0. The van der Waals surface area contributed by atoms with E-state index in [1.807, 2.05) is 0 Å². The molecule has 34 heavy (non-hydrogen) atoms. The lowest BCUT2D eigenvalue weighted by molar-refractivity contribution is -0.298. The molecule has 1 spiro atoms. The first-order valence-electron chi connectivity index (χ1n) is 14.3. The molecule has 0 aromatic heterocycles. The molecular weight excluding hydrogens is 424 g/mol. The van der Waals surface area contributed by atoms with Gasteiger partial charge in [-0.3, -0.25) is 4.79 Å². The van der Waals surface area contributed by atoms with Crippen LogP contribution in [0.25, 0.3) is 0 Å². The fourth-order valence-corrected chi connectivity index (χ4v) is 12.2. The molecule has 0 aromatic carbocycles. The van der Waals surface area contributed by atoms with Crippen LogP contribution in [0.15, 0.2) is 0 Å². The van der Waals surface area contributed by atoms with Crippen LogP contribution < -0.4 is 0 Å². The Balaban J connectivity index is 1.44. The molecule has 7 fully saturated rings. The quantitative estimate of drug-likeness (QED) is 0.478. The maximum Gasteiger partial charge on any atom is 0.312 e. The van der Waals surface area contributed by atoms with Gasteiger partial charge in [0.25, 0.3) is 0 Å². The van der Waals surface area contributed by atoms with E-state index in [2.05, 4.69) is 41.5 Å². The van der Waals surface area contributed by atoms with Crippen molar-refractivity contribution in [2.45, 2.75) is 117 Å². The third-order valence-electron chi connectivity index (χ3n) is 14.3. The lowest BCUT2D eigenvalue weighted by Gasteiger charge is -2.75. The van der Waals surface area contributed by atoms with Crippen molar-refractivity contribution in [1.82, 2.24) is 0 Å². The molecule has 2 N–H and O–H groups in total. The van der Waals surface area contributed by atoms with Gasteiger partial charge in [0, 0.05) is 12.0 Å². The zero-order valence-corrected chi connectivity index (χ0v) is 22.5. The molecule has 4 nitrogen and oxygen atoms in total. The Hall–Kier alpha value is -0.610. The molecule has 2 bridgehead atoms. The van der Waals surface area contributed by atoms with Gasteiger partial charge in [-0.2, -0.15) is 0 Å². The van der Waals surface area contributed by atoms with Crippen LogP contribution in [-0.2, 0) is 9.53 Å². The summed E-state index contributed by atoms with van der Waals surface area (Å²) in [6, 6.07) is 0. The van der Waals surface area contributed by atoms with Crippen LogP contribution in [0, 0.1) is 56.7 Å². The summed E-state index contributed by atoms with van der Waals surface area (Å²) in [5, 5.41) is 22.2. The van der Waals surface area contributed by atoms with E-state index in [-0.39, 0.29) is 51.4 Å². The van der Waals surface area contributed by atoms with E-state index in [0.717, 1.165) is 57.8 Å². The van der Waals surface area contributed by atoms with Gasteiger partial charge < -0.3 is 14.9 Å². The van der Waals surface area contributed by atoms with Crippen LogP contribution in [-0.4, -0.2) is 34.5 Å². The van der Waals surface area contributed by atoms with Crippen LogP contribution in [0.3, 0.4) is 0 Å². The third-order valence-corrected chi connectivity index (χ3v) is 14.3. The van der Waals surface area contributed by atoms with E-state index in [1.165, 1.54) is 6.42 Å². The molecule has 11 atom stereocenters. The van der Waals surface area contributed by atoms with Gasteiger partial charge >= 0.3 is 5.97 Å². The van der Waals surface area contributed by atoms with Crippen molar-refractivity contribution in [2.75, 3.05) is 6.61 Å². The van der Waals surface area contributed by atoms with Crippen molar-refractivity contribution >= 4 is 5.97 Å². The number of aliphatic hydroxyl groups is 2. The molecule has 0 unspecified atom stereocenters. The molecule has 5 aliphatic carbocycles. The Morgan fingerprint density at radius 2 is 1.59 bits per heavy atom. The molecule has 7 rings (SSSR count). The zero-order chi connectivity index (χ0) is 24.5. The van der Waals surface area contributed by atoms with Gasteiger partial charge in [0.2, 0.25) is 0 Å². The standard InChI is InChI=1S/C30H48O4/c1-18-23-19-7-8-21-26(4)11-10-22(32)25(2,3)20(26)9-12-27(21,5)30(19,17-31)16-15-29(23)14-13-28(18,6)34-24(29)33/h18-23,31-32H,7-17H2,1-6H3/t18-,19+,20-,21+,22-,23+,26-,27+,28-,29-,30-/m0/s1. The van der Waals surface area contributed by atoms with Gasteiger partial charge in [-0.25, -0.2) is 0 Å². The van der Waals surface area contributed by atoms with E-state index >= 15 is 0 Å². The summed E-state index contributed by atoms with van der Waals surface area (Å²) < 4.78 is 6.12. The first kappa shape index (κ1) is 23.8. The summed E-state index contributed by atoms with van der Waals surface area (Å²) in [6.07, 6.45) is 10.2. The Morgan fingerprint density at radius 3 is 2.26 bits per heavy atom. The van der Waals surface area contributed by atoms with Gasteiger partial charge in [-0.05, 0) is 117 Å². The van der Waals surface area contributed by atoms with Crippen LogP contribution in [0.2, 0.25) is 0 Å². The van der Waals surface area contributed by atoms with Crippen LogP contribution in [0.5, 0.6) is 0 Å². The first-order valence-corrected chi connectivity index (χ1v) is 14.3. The van der Waals surface area contributed by atoms with Gasteiger partial charge in [-0.15, -0.1) is 0 Å². The number of aliphatic hydroxyl groups excluding tert-OH is 2. The van der Waals surface area contributed by atoms with Crippen LogP contribution in [0.1, 0.15) is 106 Å². The van der Waals surface area contributed by atoms with E-state index in [4.69, 9.17) is 4.74 Å². The van der Waals surface area contributed by atoms with Crippen LogP contribution >= 0.6 is 0 Å². The predicted molar refractivity (Wildman–Crippen MR) is 132 cm³/mol. The third kappa shape index (κ3) is 2.42. The van der Waals surface area contributed by atoms with Gasteiger partial charge in [0.05, 0.1) is 11.5 Å². The Kier molecular flexibility index (Phi) is 4.77. The molecule has 2 saturated heterocycles. The minimum Gasteiger partial charge on any atom is -0.459 e. The second-order valence-corrected chi connectivity index (χ2v) is 15.1. The highest BCUT2D eigenvalue weighted by Gasteiger charge is 2.75. The first-order chi connectivity index (χ1) is 15.8. The Labute approximate surface area is 206 Å². The lowest BCUT2D eigenvalue weighted by atomic mass is 9.30. The number of rotatable bonds is 1. The summed E-state index contributed by atoms with van der Waals surface area (Å²) in [4.78, 5) is 13.4. The largest absolute Gasteiger partial charge is 0.459 e. The second kappa shape index (κ2) is 6.82. The lowest BCUT2D eigenvalue weighted by Crippen LogP contribution is -2.73. The number of carbonyl (C=O) groups excluding carboxylic acids is 1. The highest BCUT2D eigenvalue weighted by molar-refractivity contribution is 5.80. The van der Waals surface area contributed by atoms with E-state index in [0.29, 0.717) is 29.6 Å². The number of fused-ring (bicyclic) bond motifs is 7. The molecule has 2 heterocycles. The van der Waals surface area contributed by atoms with Crippen molar-refractivity contribution in [3.8, 4) is 0 Å². The molecule has 4 heteroatoms. The second-order valence-electron chi connectivity index (χ2n) is 15.1. The van der Waals surface area contributed by atoms with Gasteiger partial charge in [0.1, 0.15) is 5.60 Å². The summed E-state index contributed by atoms with van der Waals surface area (Å²) >= 11 is 0. The molecule has 192 valence electrons. The minimum absolute atomic E-state index is 0.0520. The van der Waals surface area contributed by atoms with E-state index in [1.54, 1.807) is 0 Å². The van der Waals surface area contributed by atoms with Gasteiger partial charge in [0.15, 0.2) is 0 Å². The number of ether oxygens (including phenoxy) is 1. The number of esters is 1. The highest BCUT2D eigenvalue weighted by Crippen LogP contribution is 2.78. The Bertz CT molecular complexity index is 898. The molecule has 0 amide bonds. The zero-order valence-electron chi connectivity index (χ0n) is 22.5. The normalized spacial score (nSPS) is 59.8. The minimum atomic E-state index is -0.340. The number of hydrogen-bond donors (Lipinski definition) is 2. The monoisotopic (exact) mass is 472 g/mol. The van der Waals surface area contributed by atoms with E-state index in [9.17, 15) is 15.0 Å².